The van der Waals surface area contributed by atoms with Gasteiger partial charge in [-0.25, -0.2) is 19.6 Å². The Kier molecular flexibility index (Phi) is 12.5. The summed E-state index contributed by atoms with van der Waals surface area (Å²) >= 11 is 0. The van der Waals surface area contributed by atoms with Crippen molar-refractivity contribution in [1.29, 1.82) is 0 Å². The first-order valence-corrected chi connectivity index (χ1v) is 23.2. The molecule has 0 saturated carbocycles. The Morgan fingerprint density at radius 2 is 1.60 bits per heavy atom. The van der Waals surface area contributed by atoms with E-state index >= 15 is 0 Å². The van der Waals surface area contributed by atoms with Crippen LogP contribution in [-0.2, 0) is 30.4 Å². The molecule has 5 aromatic rings. The van der Waals surface area contributed by atoms with Crippen molar-refractivity contribution in [2.45, 2.75) is 122 Å². The minimum Gasteiger partial charge on any atom is -0.488 e. The second-order valence-corrected chi connectivity index (χ2v) is 18.1. The fraction of sp³-hybridized carbons (Fsp3) is 0.510. The van der Waals surface area contributed by atoms with Gasteiger partial charge in [-0.15, -0.1) is 0 Å². The lowest BCUT2D eigenvalue weighted by atomic mass is 9.90. The number of aromatic nitrogens is 4. The van der Waals surface area contributed by atoms with Crippen LogP contribution in [0, 0.1) is 11.8 Å². The Hall–Kier alpha value is -6.16. The van der Waals surface area contributed by atoms with E-state index in [0.29, 0.717) is 32.7 Å². The van der Waals surface area contributed by atoms with Gasteiger partial charge in [-0.3, -0.25) is 9.59 Å². The van der Waals surface area contributed by atoms with Crippen molar-refractivity contribution in [3.05, 3.63) is 65.9 Å². The predicted octanol–water partition coefficient (Wildman–Crippen LogP) is 8.08. The molecule has 0 aliphatic carbocycles. The summed E-state index contributed by atoms with van der Waals surface area (Å²) in [5.74, 6) is 1.83. The summed E-state index contributed by atoms with van der Waals surface area (Å²) < 4.78 is 21.9. The number of imidazole rings is 2. The topological polar surface area (TPSA) is 193 Å². The van der Waals surface area contributed by atoms with Crippen LogP contribution in [0.1, 0.15) is 108 Å². The van der Waals surface area contributed by atoms with Crippen LogP contribution in [-0.4, -0.2) is 105 Å². The van der Waals surface area contributed by atoms with Crippen molar-refractivity contribution < 1.29 is 38.1 Å². The highest BCUT2D eigenvalue weighted by atomic mass is 16.5. The normalized spacial score (nSPS) is 22.2. The molecule has 3 saturated heterocycles. The van der Waals surface area contributed by atoms with Gasteiger partial charge in [-0.2, -0.15) is 0 Å². The Morgan fingerprint density at radius 3 is 2.35 bits per heavy atom. The van der Waals surface area contributed by atoms with Crippen LogP contribution in [0.25, 0.3) is 44.2 Å². The van der Waals surface area contributed by atoms with Gasteiger partial charge in [-0.1, -0.05) is 45.4 Å². The van der Waals surface area contributed by atoms with Crippen molar-refractivity contribution in [1.82, 2.24) is 40.4 Å². The fourth-order valence-corrected chi connectivity index (χ4v) is 10.6. The van der Waals surface area contributed by atoms with Gasteiger partial charge in [0.15, 0.2) is 0 Å². The molecule has 0 radical (unpaired) electrons. The number of benzene rings is 3. The zero-order valence-corrected chi connectivity index (χ0v) is 38.1. The number of methoxy groups -OCH3 is 2. The van der Waals surface area contributed by atoms with Gasteiger partial charge in [0.05, 0.1) is 49.2 Å². The zero-order chi connectivity index (χ0) is 45.5. The lowest BCUT2D eigenvalue weighted by Crippen LogP contribution is -2.54. The maximum Gasteiger partial charge on any atom is 0.407 e. The largest absolute Gasteiger partial charge is 0.488 e. The molecule has 0 unspecified atom stereocenters. The number of alkyl carbamates (subject to hydrolysis) is 2. The standard InChI is InChI=1S/C49H60N8O8/c1-7-26(3)41(54-48(60)62-5)46(58)56-27(4)9-15-39(56)45-51-36-14-11-29-22-35-33-13-10-30(21-31(33)25-65-40(35)23-34(29)43(36)53-45)37-24-50-44(52-37)38-16-12-32(8-2)57(38)47(59)42(55-49(61)63-6)28-17-19-64-20-18-28/h10-11,13-14,21-24,26-28,32,38-39,41-42H,7-9,12,15-20,25H2,1-6H3,(H,50,52)(H,51,53)(H,54,60)(H,55,61)/t26-,27-,32-,38-,39-,41-,42-/m0/s1. The maximum atomic E-state index is 14.4. The maximum absolute atomic E-state index is 14.4. The molecular formula is C49H60N8O8. The summed E-state index contributed by atoms with van der Waals surface area (Å²) in [6, 6.07) is 12.8. The van der Waals surface area contributed by atoms with Crippen molar-refractivity contribution in [3.63, 3.8) is 0 Å². The average molecular weight is 889 g/mol. The molecule has 65 heavy (non-hydrogen) atoms. The van der Waals surface area contributed by atoms with Gasteiger partial charge >= 0.3 is 12.2 Å². The van der Waals surface area contributed by atoms with Gasteiger partial charge in [0.25, 0.3) is 0 Å². The molecule has 3 fully saturated rings. The number of rotatable bonds is 11. The van der Waals surface area contributed by atoms with Crippen LogP contribution in [0.4, 0.5) is 9.59 Å². The number of fused-ring (bicyclic) bond motifs is 6. The second-order valence-electron chi connectivity index (χ2n) is 18.1. The molecule has 9 rings (SSSR count). The van der Waals surface area contributed by atoms with Crippen LogP contribution >= 0.6 is 0 Å². The molecule has 0 bridgehead atoms. The number of hydrogen-bond acceptors (Lipinski definition) is 10. The fourth-order valence-electron chi connectivity index (χ4n) is 10.6. The van der Waals surface area contributed by atoms with E-state index in [1.54, 1.807) is 0 Å². The van der Waals surface area contributed by atoms with Crippen LogP contribution < -0.4 is 15.4 Å². The Labute approximate surface area is 378 Å². The molecule has 7 atom stereocenters. The molecule has 4 amide bonds. The van der Waals surface area contributed by atoms with E-state index in [9.17, 15) is 19.2 Å². The van der Waals surface area contributed by atoms with E-state index in [1.165, 1.54) is 14.2 Å². The number of likely N-dealkylation sites (tertiary alicyclic amines) is 2. The number of carbonyl (C=O) groups is 4. The summed E-state index contributed by atoms with van der Waals surface area (Å²) in [6.45, 7) is 9.59. The molecule has 16 nitrogen and oxygen atoms in total. The molecule has 4 N–H and O–H groups in total. The molecular weight excluding hydrogens is 829 g/mol. The Bertz CT molecular complexity index is 2600. The van der Waals surface area contributed by atoms with Gasteiger partial charge < -0.3 is 49.3 Å². The number of hydrogen-bond donors (Lipinski definition) is 4. The highest BCUT2D eigenvalue weighted by Crippen LogP contribution is 2.44. The third kappa shape index (κ3) is 8.25. The number of amides is 4. The SMILES string of the molecule is CC[C@H]1CC[C@@H](c2ncc(-c3ccc4c(c3)COc3cc5c(ccc6[nH]c([C@@H]7CC[C@H](C)N7C(=O)[C@@H](NC(=O)OC)[C@@H](C)CC)nc65)cc3-4)[nH]2)N1C(=O)[C@@H](NC(=O)OC)C1CCOCC1. The lowest BCUT2D eigenvalue weighted by molar-refractivity contribution is -0.139. The van der Waals surface area contributed by atoms with E-state index in [4.69, 9.17) is 28.9 Å². The number of H-pyrrole nitrogens is 2. The van der Waals surface area contributed by atoms with Gasteiger partial charge in [0.2, 0.25) is 11.8 Å². The molecule has 3 aromatic carbocycles. The quantitative estimate of drug-likeness (QED) is 0.101. The molecule has 16 heteroatoms. The summed E-state index contributed by atoms with van der Waals surface area (Å²) in [4.78, 5) is 74.3. The molecule has 0 spiro atoms. The zero-order valence-electron chi connectivity index (χ0n) is 38.1. The minimum absolute atomic E-state index is 0.0221. The van der Waals surface area contributed by atoms with Gasteiger partial charge in [0.1, 0.15) is 36.1 Å². The summed E-state index contributed by atoms with van der Waals surface area (Å²) in [7, 11) is 2.62. The smallest absolute Gasteiger partial charge is 0.407 e. The average Bonchev–Trinajstić information content (AvgIpc) is 4.17. The van der Waals surface area contributed by atoms with E-state index in [1.807, 2.05) is 42.8 Å². The van der Waals surface area contributed by atoms with Crippen molar-refractivity contribution in [2.24, 2.45) is 11.8 Å². The molecule has 4 aliphatic rings. The van der Waals surface area contributed by atoms with Crippen LogP contribution in [0.3, 0.4) is 0 Å². The van der Waals surface area contributed by atoms with Crippen LogP contribution in [0.2, 0.25) is 0 Å². The molecule has 2 aromatic heterocycles. The molecule has 6 heterocycles. The molecule has 4 aliphatic heterocycles. The highest BCUT2D eigenvalue weighted by Gasteiger charge is 2.45. The second kappa shape index (κ2) is 18.4. The lowest BCUT2D eigenvalue weighted by Gasteiger charge is -2.36. The van der Waals surface area contributed by atoms with Gasteiger partial charge in [-0.05, 0) is 110 Å². The highest BCUT2D eigenvalue weighted by molar-refractivity contribution is 6.07. The van der Waals surface area contributed by atoms with Gasteiger partial charge in [0, 0.05) is 36.2 Å². The van der Waals surface area contributed by atoms with E-state index in [2.05, 4.69) is 63.9 Å². The van der Waals surface area contributed by atoms with E-state index in [-0.39, 0.29) is 47.8 Å². The number of ether oxygens (including phenoxy) is 4. The van der Waals surface area contributed by atoms with Crippen LogP contribution in [0.15, 0.2) is 48.7 Å². The Balaban J connectivity index is 0.965. The van der Waals surface area contributed by atoms with Crippen molar-refractivity contribution in [3.8, 4) is 28.1 Å². The molecule has 344 valence electrons. The third-order valence-corrected chi connectivity index (χ3v) is 14.5. The van der Waals surface area contributed by atoms with Crippen molar-refractivity contribution in [2.75, 3.05) is 27.4 Å². The number of aromatic amines is 2. The number of carbonyl (C=O) groups excluding carboxylic acids is 4. The van der Waals surface area contributed by atoms with Crippen molar-refractivity contribution >= 4 is 45.8 Å². The minimum atomic E-state index is -0.714. The third-order valence-electron chi connectivity index (χ3n) is 14.5. The first-order valence-electron chi connectivity index (χ1n) is 23.2. The van der Waals surface area contributed by atoms with E-state index < -0.39 is 24.3 Å². The Morgan fingerprint density at radius 1 is 0.846 bits per heavy atom. The number of nitrogens with zero attached hydrogens (tertiary/aromatic N) is 4. The summed E-state index contributed by atoms with van der Waals surface area (Å²) in [5, 5.41) is 7.63. The van der Waals surface area contributed by atoms with Crippen LogP contribution in [0.5, 0.6) is 5.75 Å². The monoisotopic (exact) mass is 888 g/mol. The first-order chi connectivity index (χ1) is 31.5. The summed E-state index contributed by atoms with van der Waals surface area (Å²) in [5.41, 5.74) is 6.61. The summed E-state index contributed by atoms with van der Waals surface area (Å²) in [6.07, 6.45) is 6.64. The first kappa shape index (κ1) is 44.1. The predicted molar refractivity (Wildman–Crippen MR) is 244 cm³/mol. The number of nitrogens with one attached hydrogen (secondary N) is 4. The van der Waals surface area contributed by atoms with E-state index in [0.717, 1.165) is 106 Å².